The largest absolute Gasteiger partial charge is 0.497 e. The second-order valence-corrected chi connectivity index (χ2v) is 9.43. The standard InChI is InChI=1S/C29H30N2O5/c1-30(2)27(32)21-9-7-20(8-10-21)22-11-12-26-24(17-22)19-35-29(36-26)13-15-31(16-14-29)28(33)23-5-4-6-25(18-23)34-3/h4-12,17-18H,13-16,19H2,1-3H3. The van der Waals surface area contributed by atoms with E-state index in [-0.39, 0.29) is 11.8 Å². The van der Waals surface area contributed by atoms with E-state index in [4.69, 9.17) is 14.2 Å². The van der Waals surface area contributed by atoms with Crippen LogP contribution in [0.3, 0.4) is 0 Å². The number of nitrogens with zero attached hydrogens (tertiary/aromatic N) is 2. The normalized spacial score (nSPS) is 16.1. The SMILES string of the molecule is COc1cccc(C(=O)N2CCC3(CC2)OCc2cc(-c4ccc(C(=O)N(C)C)cc4)ccc2O3)c1. The lowest BCUT2D eigenvalue weighted by atomic mass is 9.98. The van der Waals surface area contributed by atoms with Gasteiger partial charge < -0.3 is 24.0 Å². The molecule has 0 N–H and O–H groups in total. The van der Waals surface area contributed by atoms with Gasteiger partial charge in [0.15, 0.2) is 0 Å². The fourth-order valence-electron chi connectivity index (χ4n) is 4.71. The maximum Gasteiger partial charge on any atom is 0.253 e. The Labute approximate surface area is 211 Å². The van der Waals surface area contributed by atoms with Crippen LogP contribution in [-0.4, -0.2) is 61.7 Å². The van der Waals surface area contributed by atoms with Gasteiger partial charge in [-0.05, 0) is 53.6 Å². The molecule has 2 aliphatic heterocycles. The number of ether oxygens (including phenoxy) is 3. The Kier molecular flexibility index (Phi) is 6.41. The molecule has 36 heavy (non-hydrogen) atoms. The molecule has 0 saturated carbocycles. The van der Waals surface area contributed by atoms with Crippen LogP contribution in [0.5, 0.6) is 11.5 Å². The number of fused-ring (bicyclic) bond motifs is 1. The predicted molar refractivity (Wildman–Crippen MR) is 136 cm³/mol. The zero-order valence-electron chi connectivity index (χ0n) is 20.8. The Morgan fingerprint density at radius 1 is 0.917 bits per heavy atom. The molecule has 0 aromatic heterocycles. The Morgan fingerprint density at radius 2 is 1.64 bits per heavy atom. The van der Waals surface area contributed by atoms with Crippen molar-refractivity contribution in [3.8, 4) is 22.6 Å². The number of likely N-dealkylation sites (tertiary alicyclic amines) is 1. The van der Waals surface area contributed by atoms with Crippen molar-refractivity contribution in [3.05, 3.63) is 83.4 Å². The topological polar surface area (TPSA) is 68.3 Å². The molecule has 186 valence electrons. The molecule has 0 unspecified atom stereocenters. The van der Waals surface area contributed by atoms with E-state index in [1.165, 1.54) is 0 Å². The van der Waals surface area contributed by atoms with E-state index in [0.717, 1.165) is 22.4 Å². The van der Waals surface area contributed by atoms with Crippen LogP contribution in [-0.2, 0) is 11.3 Å². The Hall–Kier alpha value is -3.84. The van der Waals surface area contributed by atoms with Crippen LogP contribution in [0.1, 0.15) is 39.1 Å². The third kappa shape index (κ3) is 4.66. The summed E-state index contributed by atoms with van der Waals surface area (Å²) in [6.07, 6.45) is 1.20. The molecule has 0 atom stereocenters. The lowest BCUT2D eigenvalue weighted by molar-refractivity contribution is -0.225. The van der Waals surface area contributed by atoms with E-state index < -0.39 is 5.79 Å². The van der Waals surface area contributed by atoms with Crippen molar-refractivity contribution in [3.63, 3.8) is 0 Å². The smallest absolute Gasteiger partial charge is 0.253 e. The second-order valence-electron chi connectivity index (χ2n) is 9.43. The minimum Gasteiger partial charge on any atom is -0.497 e. The number of carbonyl (C=O) groups is 2. The first kappa shape index (κ1) is 23.9. The monoisotopic (exact) mass is 486 g/mol. The number of benzene rings is 3. The summed E-state index contributed by atoms with van der Waals surface area (Å²) in [7, 11) is 5.08. The van der Waals surface area contributed by atoms with Gasteiger partial charge in [0.05, 0.1) is 13.7 Å². The van der Waals surface area contributed by atoms with Crippen LogP contribution in [0.2, 0.25) is 0 Å². The van der Waals surface area contributed by atoms with Crippen molar-refractivity contribution in [2.45, 2.75) is 25.2 Å². The number of hydrogen-bond acceptors (Lipinski definition) is 5. The van der Waals surface area contributed by atoms with Crippen molar-refractivity contribution in [2.75, 3.05) is 34.3 Å². The molecule has 2 aliphatic rings. The molecule has 2 heterocycles. The van der Waals surface area contributed by atoms with E-state index in [2.05, 4.69) is 6.07 Å². The highest BCUT2D eigenvalue weighted by molar-refractivity contribution is 5.95. The zero-order valence-corrected chi connectivity index (χ0v) is 20.8. The summed E-state index contributed by atoms with van der Waals surface area (Å²) in [6.45, 7) is 1.56. The fraction of sp³-hybridized carbons (Fsp3) is 0.310. The third-order valence-corrected chi connectivity index (χ3v) is 6.85. The summed E-state index contributed by atoms with van der Waals surface area (Å²) in [5, 5.41) is 0. The third-order valence-electron chi connectivity index (χ3n) is 6.85. The summed E-state index contributed by atoms with van der Waals surface area (Å²) in [5.41, 5.74) is 4.33. The van der Waals surface area contributed by atoms with Gasteiger partial charge >= 0.3 is 0 Å². The minimum absolute atomic E-state index is 0.0112. The van der Waals surface area contributed by atoms with E-state index in [9.17, 15) is 9.59 Å². The lowest BCUT2D eigenvalue weighted by Gasteiger charge is -2.44. The van der Waals surface area contributed by atoms with Crippen LogP contribution in [0.25, 0.3) is 11.1 Å². The molecule has 3 aromatic rings. The molecular weight excluding hydrogens is 456 g/mol. The first-order chi connectivity index (χ1) is 17.4. The summed E-state index contributed by atoms with van der Waals surface area (Å²) in [5.74, 6) is 0.742. The van der Waals surface area contributed by atoms with Crippen LogP contribution in [0.4, 0.5) is 0 Å². The first-order valence-corrected chi connectivity index (χ1v) is 12.1. The number of hydrogen-bond donors (Lipinski definition) is 0. The molecule has 2 amide bonds. The van der Waals surface area contributed by atoms with Crippen molar-refractivity contribution in [1.82, 2.24) is 9.80 Å². The Bertz CT molecular complexity index is 1280. The van der Waals surface area contributed by atoms with Crippen LogP contribution in [0.15, 0.2) is 66.7 Å². The summed E-state index contributed by atoms with van der Waals surface area (Å²) in [4.78, 5) is 28.5. The second kappa shape index (κ2) is 9.66. The van der Waals surface area contributed by atoms with E-state index in [1.807, 2.05) is 59.5 Å². The van der Waals surface area contributed by atoms with Gasteiger partial charge in [0, 0.05) is 56.7 Å². The number of carbonyl (C=O) groups excluding carboxylic acids is 2. The van der Waals surface area contributed by atoms with Gasteiger partial charge in [-0.15, -0.1) is 0 Å². The molecule has 5 rings (SSSR count). The van der Waals surface area contributed by atoms with Gasteiger partial charge in [-0.2, -0.15) is 0 Å². The molecule has 3 aromatic carbocycles. The van der Waals surface area contributed by atoms with Crippen LogP contribution in [0, 0.1) is 0 Å². The van der Waals surface area contributed by atoms with E-state index >= 15 is 0 Å². The average Bonchev–Trinajstić information content (AvgIpc) is 2.92. The van der Waals surface area contributed by atoms with Crippen LogP contribution < -0.4 is 9.47 Å². The highest BCUT2D eigenvalue weighted by atomic mass is 16.7. The minimum atomic E-state index is -0.714. The van der Waals surface area contributed by atoms with Gasteiger partial charge in [0.25, 0.3) is 11.8 Å². The zero-order chi connectivity index (χ0) is 25.3. The van der Waals surface area contributed by atoms with Gasteiger partial charge in [0.1, 0.15) is 11.5 Å². The number of methoxy groups -OCH3 is 1. The first-order valence-electron chi connectivity index (χ1n) is 12.1. The van der Waals surface area contributed by atoms with Crippen molar-refractivity contribution in [2.24, 2.45) is 0 Å². The van der Waals surface area contributed by atoms with E-state index in [1.54, 1.807) is 32.2 Å². The van der Waals surface area contributed by atoms with Crippen molar-refractivity contribution < 1.29 is 23.8 Å². The molecule has 7 heteroatoms. The molecule has 7 nitrogen and oxygen atoms in total. The molecule has 1 spiro atoms. The highest BCUT2D eigenvalue weighted by Gasteiger charge is 2.42. The van der Waals surface area contributed by atoms with Crippen molar-refractivity contribution in [1.29, 1.82) is 0 Å². The molecular formula is C29H30N2O5. The summed E-state index contributed by atoms with van der Waals surface area (Å²) >= 11 is 0. The molecule has 1 fully saturated rings. The lowest BCUT2D eigenvalue weighted by Crippen LogP contribution is -2.52. The maximum absolute atomic E-state index is 13.0. The molecule has 0 radical (unpaired) electrons. The summed E-state index contributed by atoms with van der Waals surface area (Å²) in [6, 6.07) is 20.9. The van der Waals surface area contributed by atoms with Crippen LogP contribution >= 0.6 is 0 Å². The predicted octanol–water partition coefficient (Wildman–Crippen LogP) is 4.61. The fourth-order valence-corrected chi connectivity index (χ4v) is 4.71. The highest BCUT2D eigenvalue weighted by Crippen LogP contribution is 2.39. The number of rotatable bonds is 4. The molecule has 1 saturated heterocycles. The van der Waals surface area contributed by atoms with Crippen molar-refractivity contribution >= 4 is 11.8 Å². The Morgan fingerprint density at radius 3 is 2.33 bits per heavy atom. The van der Waals surface area contributed by atoms with Gasteiger partial charge in [-0.1, -0.05) is 24.3 Å². The van der Waals surface area contributed by atoms with Gasteiger partial charge in [-0.25, -0.2) is 0 Å². The maximum atomic E-state index is 13.0. The number of amides is 2. The quantitative estimate of drug-likeness (QED) is 0.539. The number of piperidine rings is 1. The van der Waals surface area contributed by atoms with Gasteiger partial charge in [-0.3, -0.25) is 9.59 Å². The Balaban J connectivity index is 1.25. The summed E-state index contributed by atoms with van der Waals surface area (Å²) < 4.78 is 17.9. The molecule has 0 bridgehead atoms. The van der Waals surface area contributed by atoms with E-state index in [0.29, 0.717) is 49.4 Å². The van der Waals surface area contributed by atoms with Gasteiger partial charge in [0.2, 0.25) is 5.79 Å². The average molecular weight is 487 g/mol. The molecule has 0 aliphatic carbocycles.